The molecule has 6 heteroatoms. The zero-order chi connectivity index (χ0) is 15.5. The van der Waals surface area contributed by atoms with Crippen LogP contribution in [-0.4, -0.2) is 49.6 Å². The molecule has 0 radical (unpaired) electrons. The van der Waals surface area contributed by atoms with Crippen LogP contribution in [-0.2, 0) is 4.79 Å². The maximum absolute atomic E-state index is 11.9. The van der Waals surface area contributed by atoms with E-state index in [0.717, 1.165) is 37.2 Å². The van der Waals surface area contributed by atoms with E-state index in [0.29, 0.717) is 12.5 Å². The number of piperidine rings is 1. The lowest BCUT2D eigenvalue weighted by atomic mass is 9.89. The Morgan fingerprint density at radius 1 is 1.39 bits per heavy atom. The number of carbonyl (C=O) groups is 1. The molecule has 0 bridgehead atoms. The summed E-state index contributed by atoms with van der Waals surface area (Å²) in [5.74, 6) is 1.58. The second kappa shape index (κ2) is 7.70. The number of hydrogen-bond acceptors (Lipinski definition) is 3. The number of ether oxygens (including phenoxy) is 1. The summed E-state index contributed by atoms with van der Waals surface area (Å²) in [7, 11) is 3.50. The fourth-order valence-corrected chi connectivity index (χ4v) is 3.29. The molecule has 1 aliphatic heterocycles. The molecule has 0 unspecified atom stereocenters. The predicted octanol–water partition coefficient (Wildman–Crippen LogP) is 2.52. The van der Waals surface area contributed by atoms with Crippen LogP contribution < -0.4 is 10.1 Å². The van der Waals surface area contributed by atoms with Crippen molar-refractivity contribution in [3.8, 4) is 5.75 Å². The minimum absolute atomic E-state index is 0. The lowest BCUT2D eigenvalue weighted by Gasteiger charge is -2.32. The summed E-state index contributed by atoms with van der Waals surface area (Å²) >= 11 is 0. The molecule has 23 heavy (non-hydrogen) atoms. The first-order valence-electron chi connectivity index (χ1n) is 7.80. The van der Waals surface area contributed by atoms with Crippen LogP contribution in [0.25, 0.3) is 10.9 Å². The van der Waals surface area contributed by atoms with Crippen molar-refractivity contribution in [1.82, 2.24) is 15.2 Å². The molecular formula is C17H24ClN3O2. The third-order valence-electron chi connectivity index (χ3n) is 4.54. The van der Waals surface area contributed by atoms with Crippen LogP contribution in [0.4, 0.5) is 0 Å². The number of aromatic nitrogens is 1. The van der Waals surface area contributed by atoms with Crippen molar-refractivity contribution >= 4 is 29.2 Å². The molecule has 1 saturated heterocycles. The highest BCUT2D eigenvalue weighted by Crippen LogP contribution is 2.34. The first-order chi connectivity index (χ1) is 10.7. The number of aromatic amines is 1. The Morgan fingerprint density at radius 3 is 2.78 bits per heavy atom. The van der Waals surface area contributed by atoms with Crippen LogP contribution in [0, 0.1) is 0 Å². The molecule has 5 nitrogen and oxygen atoms in total. The van der Waals surface area contributed by atoms with Crippen LogP contribution in [0.15, 0.2) is 24.4 Å². The van der Waals surface area contributed by atoms with E-state index in [4.69, 9.17) is 4.74 Å². The summed E-state index contributed by atoms with van der Waals surface area (Å²) in [5, 5.41) is 4.17. The molecule has 0 atom stereocenters. The number of halogens is 1. The average molecular weight is 338 g/mol. The van der Waals surface area contributed by atoms with Gasteiger partial charge in [0.2, 0.25) is 5.91 Å². The topological polar surface area (TPSA) is 57.4 Å². The smallest absolute Gasteiger partial charge is 0.236 e. The van der Waals surface area contributed by atoms with Crippen molar-refractivity contribution in [3.05, 3.63) is 30.0 Å². The number of hydrogen-bond donors (Lipinski definition) is 2. The standard InChI is InChI=1S/C17H23N3O2.ClH/c1-18-11-17(21)20-7-5-12(6-8-20)15-10-19-16-4-3-13(22-2)9-14(15)16;/h3-4,9-10,12,18-19H,5-8,11H2,1-2H3;1H. The molecule has 0 aliphatic carbocycles. The summed E-state index contributed by atoms with van der Waals surface area (Å²) in [4.78, 5) is 17.2. The van der Waals surface area contributed by atoms with Crippen LogP contribution in [0.5, 0.6) is 5.75 Å². The zero-order valence-electron chi connectivity index (χ0n) is 13.6. The van der Waals surface area contributed by atoms with Gasteiger partial charge in [0.05, 0.1) is 13.7 Å². The fourth-order valence-electron chi connectivity index (χ4n) is 3.29. The number of benzene rings is 1. The van der Waals surface area contributed by atoms with Gasteiger partial charge in [0.25, 0.3) is 0 Å². The Labute approximate surface area is 142 Å². The second-order valence-electron chi connectivity index (χ2n) is 5.84. The van der Waals surface area contributed by atoms with Gasteiger partial charge in [0.1, 0.15) is 5.75 Å². The molecule has 0 saturated carbocycles. The highest BCUT2D eigenvalue weighted by molar-refractivity contribution is 5.85. The van der Waals surface area contributed by atoms with E-state index < -0.39 is 0 Å². The monoisotopic (exact) mass is 337 g/mol. The van der Waals surface area contributed by atoms with Crippen molar-refractivity contribution in [3.63, 3.8) is 0 Å². The van der Waals surface area contributed by atoms with E-state index >= 15 is 0 Å². The summed E-state index contributed by atoms with van der Waals surface area (Å²) in [5.41, 5.74) is 2.49. The molecule has 1 aliphatic rings. The Bertz CT molecular complexity index is 663. The minimum Gasteiger partial charge on any atom is -0.497 e. The molecule has 0 spiro atoms. The Balaban J connectivity index is 0.00000192. The van der Waals surface area contributed by atoms with E-state index in [1.54, 1.807) is 7.11 Å². The molecule has 1 aromatic heterocycles. The number of nitrogens with zero attached hydrogens (tertiary/aromatic N) is 1. The minimum atomic E-state index is 0. The van der Waals surface area contributed by atoms with Gasteiger partial charge < -0.3 is 19.9 Å². The average Bonchev–Trinajstić information content (AvgIpc) is 2.98. The first kappa shape index (κ1) is 17.6. The summed E-state index contributed by atoms with van der Waals surface area (Å²) in [6, 6.07) is 6.13. The number of likely N-dealkylation sites (N-methyl/N-ethyl adjacent to an activating group) is 1. The van der Waals surface area contributed by atoms with Crippen molar-refractivity contribution in [2.45, 2.75) is 18.8 Å². The first-order valence-corrected chi connectivity index (χ1v) is 7.80. The van der Waals surface area contributed by atoms with Crippen LogP contribution in [0.3, 0.4) is 0 Å². The maximum Gasteiger partial charge on any atom is 0.236 e. The van der Waals surface area contributed by atoms with Gasteiger partial charge in [0.15, 0.2) is 0 Å². The van der Waals surface area contributed by atoms with Crippen molar-refractivity contribution in [2.75, 3.05) is 33.8 Å². The maximum atomic E-state index is 11.9. The van der Waals surface area contributed by atoms with E-state index in [2.05, 4.69) is 28.6 Å². The van der Waals surface area contributed by atoms with Gasteiger partial charge in [-0.05, 0) is 49.6 Å². The van der Waals surface area contributed by atoms with Gasteiger partial charge >= 0.3 is 0 Å². The number of rotatable bonds is 4. The lowest BCUT2D eigenvalue weighted by Crippen LogP contribution is -2.41. The Hall–Kier alpha value is -1.72. The number of fused-ring (bicyclic) bond motifs is 1. The largest absolute Gasteiger partial charge is 0.497 e. The van der Waals surface area contributed by atoms with E-state index in [1.165, 1.54) is 10.9 Å². The molecule has 2 N–H and O–H groups in total. The summed E-state index contributed by atoms with van der Waals surface area (Å²) in [6.07, 6.45) is 4.14. The summed E-state index contributed by atoms with van der Waals surface area (Å²) in [6.45, 7) is 2.10. The van der Waals surface area contributed by atoms with Crippen molar-refractivity contribution in [2.24, 2.45) is 0 Å². The summed E-state index contributed by atoms with van der Waals surface area (Å²) < 4.78 is 5.34. The third kappa shape index (κ3) is 3.62. The number of likely N-dealkylation sites (tertiary alicyclic amines) is 1. The van der Waals surface area contributed by atoms with Crippen LogP contribution in [0.2, 0.25) is 0 Å². The second-order valence-corrected chi connectivity index (χ2v) is 5.84. The van der Waals surface area contributed by atoms with E-state index in [9.17, 15) is 4.79 Å². The molecular weight excluding hydrogens is 314 g/mol. The third-order valence-corrected chi connectivity index (χ3v) is 4.54. The quantitative estimate of drug-likeness (QED) is 0.901. The molecule has 1 aromatic carbocycles. The Morgan fingerprint density at radius 2 is 2.13 bits per heavy atom. The fraction of sp³-hybridized carbons (Fsp3) is 0.471. The number of methoxy groups -OCH3 is 1. The van der Waals surface area contributed by atoms with Crippen molar-refractivity contribution in [1.29, 1.82) is 0 Å². The zero-order valence-corrected chi connectivity index (χ0v) is 14.4. The molecule has 2 heterocycles. The van der Waals surface area contributed by atoms with Gasteiger partial charge in [-0.1, -0.05) is 0 Å². The van der Waals surface area contributed by atoms with Crippen LogP contribution in [0.1, 0.15) is 24.3 Å². The molecule has 126 valence electrons. The van der Waals surface area contributed by atoms with Gasteiger partial charge in [-0.15, -0.1) is 12.4 Å². The number of amides is 1. The number of H-pyrrole nitrogens is 1. The number of carbonyl (C=O) groups excluding carboxylic acids is 1. The van der Waals surface area contributed by atoms with E-state index in [-0.39, 0.29) is 18.3 Å². The highest BCUT2D eigenvalue weighted by atomic mass is 35.5. The van der Waals surface area contributed by atoms with Crippen molar-refractivity contribution < 1.29 is 9.53 Å². The van der Waals surface area contributed by atoms with Gasteiger partial charge in [0, 0.05) is 30.2 Å². The van der Waals surface area contributed by atoms with Crippen LogP contribution >= 0.6 is 12.4 Å². The highest BCUT2D eigenvalue weighted by Gasteiger charge is 2.25. The molecule has 3 rings (SSSR count). The van der Waals surface area contributed by atoms with Gasteiger partial charge in [-0.2, -0.15) is 0 Å². The normalized spacial score (nSPS) is 15.5. The molecule has 2 aromatic rings. The SMILES string of the molecule is CNCC(=O)N1CCC(c2c[nH]c3ccc(OC)cc23)CC1.Cl. The molecule has 1 amide bonds. The van der Waals surface area contributed by atoms with E-state index in [1.807, 2.05) is 18.0 Å². The molecule has 1 fully saturated rings. The predicted molar refractivity (Wildman–Crippen MR) is 94.6 cm³/mol. The lowest BCUT2D eigenvalue weighted by molar-refractivity contribution is -0.131. The van der Waals surface area contributed by atoms with Gasteiger partial charge in [-0.25, -0.2) is 0 Å². The van der Waals surface area contributed by atoms with Gasteiger partial charge in [-0.3, -0.25) is 4.79 Å². The Kier molecular flexibility index (Phi) is 5.91. The number of nitrogens with one attached hydrogen (secondary N) is 2.